The number of nitrogens with zero attached hydrogens (tertiary/aromatic N) is 2. The average Bonchev–Trinajstić information content (AvgIpc) is 3.37. The first kappa shape index (κ1) is 19.5. The van der Waals surface area contributed by atoms with Gasteiger partial charge >= 0.3 is 0 Å². The van der Waals surface area contributed by atoms with E-state index in [-0.39, 0.29) is 11.9 Å². The van der Waals surface area contributed by atoms with Crippen molar-refractivity contribution >= 4 is 5.96 Å². The Balaban J connectivity index is 1.84. The predicted octanol–water partition coefficient (Wildman–Crippen LogP) is 2.49. The minimum atomic E-state index is -0.289. The van der Waals surface area contributed by atoms with Crippen molar-refractivity contribution in [2.45, 2.75) is 38.8 Å². The molecule has 1 saturated carbocycles. The van der Waals surface area contributed by atoms with Gasteiger partial charge in [-0.1, -0.05) is 6.07 Å². The third kappa shape index (κ3) is 6.90. The summed E-state index contributed by atoms with van der Waals surface area (Å²) in [5.41, 5.74) is 0. The first-order chi connectivity index (χ1) is 12.0. The molecule has 1 aliphatic rings. The Kier molecular flexibility index (Phi) is 7.50. The lowest BCUT2D eigenvalue weighted by Crippen LogP contribution is -2.43. The highest BCUT2D eigenvalue weighted by molar-refractivity contribution is 5.79. The van der Waals surface area contributed by atoms with Gasteiger partial charge in [0, 0.05) is 18.7 Å². The van der Waals surface area contributed by atoms with E-state index in [1.165, 1.54) is 25.0 Å². The standard InChI is InChI=1S/C19H31FN4O/c1-5-21-19(23-13-18(24(3)4)15-9-10-15)22-12-14(2)25-17-8-6-7-16(20)11-17/h6-8,11,14-15,18H,5,9-10,12-13H2,1-4H3,(H2,21,22,23). The number of ether oxygens (including phenoxy) is 1. The molecule has 5 nitrogen and oxygen atoms in total. The van der Waals surface area contributed by atoms with E-state index < -0.39 is 0 Å². The van der Waals surface area contributed by atoms with Gasteiger partial charge in [-0.2, -0.15) is 0 Å². The maximum Gasteiger partial charge on any atom is 0.191 e. The van der Waals surface area contributed by atoms with E-state index in [1.54, 1.807) is 12.1 Å². The smallest absolute Gasteiger partial charge is 0.191 e. The molecule has 0 amide bonds. The van der Waals surface area contributed by atoms with Gasteiger partial charge in [0.15, 0.2) is 5.96 Å². The molecule has 0 heterocycles. The lowest BCUT2D eigenvalue weighted by molar-refractivity contribution is 0.223. The molecule has 2 N–H and O–H groups in total. The first-order valence-corrected chi connectivity index (χ1v) is 9.10. The van der Waals surface area contributed by atoms with Crippen molar-refractivity contribution in [3.8, 4) is 5.75 Å². The Hall–Kier alpha value is -1.82. The fraction of sp³-hybridized carbons (Fsp3) is 0.632. The van der Waals surface area contributed by atoms with Crippen LogP contribution >= 0.6 is 0 Å². The van der Waals surface area contributed by atoms with Crippen LogP contribution in [0, 0.1) is 11.7 Å². The predicted molar refractivity (Wildman–Crippen MR) is 101 cm³/mol. The maximum absolute atomic E-state index is 13.2. The van der Waals surface area contributed by atoms with Crippen LogP contribution in [0.25, 0.3) is 0 Å². The normalized spacial score (nSPS) is 17.3. The van der Waals surface area contributed by atoms with Crippen molar-refractivity contribution in [2.75, 3.05) is 33.7 Å². The number of likely N-dealkylation sites (N-methyl/N-ethyl adjacent to an activating group) is 1. The van der Waals surface area contributed by atoms with Gasteiger partial charge in [0.25, 0.3) is 0 Å². The van der Waals surface area contributed by atoms with Crippen LogP contribution in [0.5, 0.6) is 5.75 Å². The fourth-order valence-electron chi connectivity index (χ4n) is 2.80. The number of aliphatic imine (C=N–C) groups is 1. The minimum Gasteiger partial charge on any atom is -0.489 e. The number of nitrogens with one attached hydrogen (secondary N) is 2. The summed E-state index contributed by atoms with van der Waals surface area (Å²) in [6.45, 7) is 6.19. The highest BCUT2D eigenvalue weighted by Gasteiger charge is 2.32. The number of benzene rings is 1. The summed E-state index contributed by atoms with van der Waals surface area (Å²) in [6.07, 6.45) is 2.51. The lowest BCUT2D eigenvalue weighted by Gasteiger charge is -2.23. The van der Waals surface area contributed by atoms with Crippen LogP contribution in [0.1, 0.15) is 26.7 Å². The molecule has 0 radical (unpaired) electrons. The molecule has 2 rings (SSSR count). The van der Waals surface area contributed by atoms with E-state index in [0.29, 0.717) is 18.3 Å². The molecule has 0 aromatic heterocycles. The van der Waals surface area contributed by atoms with Crippen molar-refractivity contribution in [3.63, 3.8) is 0 Å². The zero-order chi connectivity index (χ0) is 18.2. The molecule has 6 heteroatoms. The summed E-state index contributed by atoms with van der Waals surface area (Å²) in [7, 11) is 4.24. The Morgan fingerprint density at radius 2 is 2.12 bits per heavy atom. The van der Waals surface area contributed by atoms with Crippen LogP contribution in [0.4, 0.5) is 4.39 Å². The largest absolute Gasteiger partial charge is 0.489 e. The molecule has 0 aliphatic heterocycles. The molecule has 1 aliphatic carbocycles. The zero-order valence-corrected chi connectivity index (χ0v) is 15.8. The molecule has 0 saturated heterocycles. The Bertz CT molecular complexity index is 558. The zero-order valence-electron chi connectivity index (χ0n) is 15.8. The molecule has 0 bridgehead atoms. The van der Waals surface area contributed by atoms with Crippen LogP contribution < -0.4 is 15.4 Å². The minimum absolute atomic E-state index is 0.0984. The first-order valence-electron chi connectivity index (χ1n) is 9.10. The Labute approximate surface area is 150 Å². The van der Waals surface area contributed by atoms with Gasteiger partial charge in [-0.3, -0.25) is 4.99 Å². The van der Waals surface area contributed by atoms with Gasteiger partial charge in [0.2, 0.25) is 0 Å². The van der Waals surface area contributed by atoms with Crippen LogP contribution in [0.3, 0.4) is 0 Å². The van der Waals surface area contributed by atoms with Crippen LogP contribution in [-0.2, 0) is 0 Å². The summed E-state index contributed by atoms with van der Waals surface area (Å²) in [5.74, 6) is 1.82. The molecular weight excluding hydrogens is 319 g/mol. The van der Waals surface area contributed by atoms with Crippen LogP contribution in [0.2, 0.25) is 0 Å². The van der Waals surface area contributed by atoms with E-state index in [0.717, 1.165) is 25.0 Å². The third-order valence-electron chi connectivity index (χ3n) is 4.30. The van der Waals surface area contributed by atoms with Crippen molar-refractivity contribution in [2.24, 2.45) is 10.9 Å². The van der Waals surface area contributed by atoms with Gasteiger partial charge in [-0.15, -0.1) is 0 Å². The van der Waals surface area contributed by atoms with E-state index in [2.05, 4.69) is 29.6 Å². The second-order valence-electron chi connectivity index (χ2n) is 6.85. The van der Waals surface area contributed by atoms with Gasteiger partial charge in [0.05, 0.1) is 13.1 Å². The number of halogens is 1. The molecule has 140 valence electrons. The summed E-state index contributed by atoms with van der Waals surface area (Å²) < 4.78 is 19.0. The molecule has 25 heavy (non-hydrogen) atoms. The SMILES string of the molecule is CCNC(=NCC(C1CC1)N(C)C)NCC(C)Oc1cccc(F)c1. The van der Waals surface area contributed by atoms with Crippen molar-refractivity contribution in [1.29, 1.82) is 0 Å². The number of hydrogen-bond donors (Lipinski definition) is 2. The van der Waals surface area contributed by atoms with Crippen molar-refractivity contribution in [1.82, 2.24) is 15.5 Å². The molecule has 1 aromatic carbocycles. The molecular formula is C19H31FN4O. The molecule has 0 spiro atoms. The fourth-order valence-corrected chi connectivity index (χ4v) is 2.80. The van der Waals surface area contributed by atoms with Crippen molar-refractivity contribution in [3.05, 3.63) is 30.1 Å². The van der Waals surface area contributed by atoms with Crippen molar-refractivity contribution < 1.29 is 9.13 Å². The number of guanidine groups is 1. The van der Waals surface area contributed by atoms with E-state index in [4.69, 9.17) is 9.73 Å². The van der Waals surface area contributed by atoms with E-state index >= 15 is 0 Å². The second kappa shape index (κ2) is 9.61. The Morgan fingerprint density at radius 3 is 2.72 bits per heavy atom. The van der Waals surface area contributed by atoms with Crippen LogP contribution in [0.15, 0.2) is 29.3 Å². The second-order valence-corrected chi connectivity index (χ2v) is 6.85. The average molecular weight is 350 g/mol. The topological polar surface area (TPSA) is 48.9 Å². The van der Waals surface area contributed by atoms with Gasteiger partial charge in [0.1, 0.15) is 17.7 Å². The Morgan fingerprint density at radius 1 is 1.36 bits per heavy atom. The summed E-state index contributed by atoms with van der Waals surface area (Å²) in [5, 5.41) is 6.58. The van der Waals surface area contributed by atoms with E-state index in [1.807, 2.05) is 13.8 Å². The highest BCUT2D eigenvalue weighted by atomic mass is 19.1. The molecule has 1 fully saturated rings. The molecule has 1 aromatic rings. The number of rotatable bonds is 9. The van der Waals surface area contributed by atoms with Gasteiger partial charge in [-0.05, 0) is 58.8 Å². The van der Waals surface area contributed by atoms with Gasteiger partial charge in [-0.25, -0.2) is 4.39 Å². The quantitative estimate of drug-likeness (QED) is 0.531. The van der Waals surface area contributed by atoms with Crippen LogP contribution in [-0.4, -0.2) is 56.7 Å². The third-order valence-corrected chi connectivity index (χ3v) is 4.30. The number of hydrogen-bond acceptors (Lipinski definition) is 3. The monoisotopic (exact) mass is 350 g/mol. The maximum atomic E-state index is 13.2. The van der Waals surface area contributed by atoms with E-state index in [9.17, 15) is 4.39 Å². The summed E-state index contributed by atoms with van der Waals surface area (Å²) >= 11 is 0. The highest BCUT2D eigenvalue weighted by Crippen LogP contribution is 2.34. The summed E-state index contributed by atoms with van der Waals surface area (Å²) in [4.78, 5) is 6.99. The lowest BCUT2D eigenvalue weighted by atomic mass is 10.2. The molecule has 2 unspecified atom stereocenters. The van der Waals surface area contributed by atoms with Gasteiger partial charge < -0.3 is 20.3 Å². The summed E-state index contributed by atoms with van der Waals surface area (Å²) in [6, 6.07) is 6.71. The molecule has 2 atom stereocenters.